The van der Waals surface area contributed by atoms with Crippen LogP contribution in [0.2, 0.25) is 0 Å². The third-order valence-corrected chi connectivity index (χ3v) is 5.69. The summed E-state index contributed by atoms with van der Waals surface area (Å²) < 4.78 is 5.64. The number of nitrogens with one attached hydrogen (secondary N) is 1. The molecular weight excluding hydrogens is 258 g/mol. The third-order valence-electron chi connectivity index (χ3n) is 5.69. The number of fused-ring (bicyclic) bond motifs is 3. The Labute approximate surface area is 127 Å². The van der Waals surface area contributed by atoms with E-state index in [4.69, 9.17) is 4.74 Å². The zero-order valence-corrected chi connectivity index (χ0v) is 13.0. The molecule has 1 spiro atoms. The average molecular weight is 283 g/mol. The SMILES string of the molecule is COc1cccc2c1NC1(CCCCC1)C1=C2CCCC1. The second-order valence-electron chi connectivity index (χ2n) is 6.81. The molecule has 0 bridgehead atoms. The second kappa shape index (κ2) is 5.08. The van der Waals surface area contributed by atoms with Crippen molar-refractivity contribution in [1.82, 2.24) is 0 Å². The van der Waals surface area contributed by atoms with Crippen molar-refractivity contribution in [3.8, 4) is 5.75 Å². The van der Waals surface area contributed by atoms with Crippen molar-refractivity contribution in [1.29, 1.82) is 0 Å². The highest BCUT2D eigenvalue weighted by molar-refractivity contribution is 5.87. The van der Waals surface area contributed by atoms with Gasteiger partial charge >= 0.3 is 0 Å². The van der Waals surface area contributed by atoms with Gasteiger partial charge in [0.25, 0.3) is 0 Å². The molecule has 1 heterocycles. The van der Waals surface area contributed by atoms with Crippen molar-refractivity contribution in [2.45, 2.75) is 63.3 Å². The molecule has 1 fully saturated rings. The standard InChI is InChI=1S/C19H25NO/c1-21-17-11-7-9-15-14-8-3-4-10-16(14)19(20-18(15)17)12-5-2-6-13-19/h7,9,11,20H,2-6,8,10,12-13H2,1H3. The van der Waals surface area contributed by atoms with Crippen LogP contribution in [0, 0.1) is 0 Å². The Bertz CT molecular complexity index is 581. The van der Waals surface area contributed by atoms with Crippen LogP contribution in [-0.2, 0) is 0 Å². The maximum Gasteiger partial charge on any atom is 0.142 e. The van der Waals surface area contributed by atoms with Gasteiger partial charge in [-0.15, -0.1) is 0 Å². The number of rotatable bonds is 1. The van der Waals surface area contributed by atoms with Crippen LogP contribution in [0.3, 0.4) is 0 Å². The number of ether oxygens (including phenoxy) is 1. The Kier molecular flexibility index (Phi) is 3.20. The van der Waals surface area contributed by atoms with Crippen LogP contribution in [0.1, 0.15) is 63.4 Å². The Balaban J connectivity index is 1.90. The van der Waals surface area contributed by atoms with Gasteiger partial charge in [0.1, 0.15) is 5.75 Å². The van der Waals surface area contributed by atoms with Gasteiger partial charge in [-0.25, -0.2) is 0 Å². The fourth-order valence-electron chi connectivity index (χ4n) is 4.71. The van der Waals surface area contributed by atoms with Crippen molar-refractivity contribution in [2.24, 2.45) is 0 Å². The molecule has 1 aromatic rings. The molecule has 0 radical (unpaired) electrons. The van der Waals surface area contributed by atoms with Crippen LogP contribution in [0.25, 0.3) is 5.57 Å². The number of allylic oxidation sites excluding steroid dienone is 1. The van der Waals surface area contributed by atoms with E-state index in [0.717, 1.165) is 5.75 Å². The van der Waals surface area contributed by atoms with E-state index in [0.29, 0.717) is 0 Å². The van der Waals surface area contributed by atoms with Gasteiger partial charge in [-0.1, -0.05) is 31.4 Å². The van der Waals surface area contributed by atoms with E-state index in [1.165, 1.54) is 69.0 Å². The first-order chi connectivity index (χ1) is 10.3. The zero-order valence-electron chi connectivity index (χ0n) is 13.0. The van der Waals surface area contributed by atoms with Crippen LogP contribution in [0.4, 0.5) is 5.69 Å². The topological polar surface area (TPSA) is 21.3 Å². The molecular formula is C19H25NO. The van der Waals surface area contributed by atoms with Crippen LogP contribution in [-0.4, -0.2) is 12.6 Å². The van der Waals surface area contributed by atoms with Gasteiger partial charge in [0.2, 0.25) is 0 Å². The van der Waals surface area contributed by atoms with Gasteiger partial charge in [0.05, 0.1) is 18.3 Å². The van der Waals surface area contributed by atoms with E-state index in [9.17, 15) is 0 Å². The van der Waals surface area contributed by atoms with E-state index >= 15 is 0 Å². The fraction of sp³-hybridized carbons (Fsp3) is 0.579. The summed E-state index contributed by atoms with van der Waals surface area (Å²) in [5.74, 6) is 1.01. The molecule has 1 aromatic carbocycles. The monoisotopic (exact) mass is 283 g/mol. The molecule has 0 unspecified atom stereocenters. The molecule has 0 atom stereocenters. The van der Waals surface area contributed by atoms with E-state index < -0.39 is 0 Å². The molecule has 1 N–H and O–H groups in total. The first-order valence-electron chi connectivity index (χ1n) is 8.52. The number of anilines is 1. The van der Waals surface area contributed by atoms with Crippen LogP contribution < -0.4 is 10.1 Å². The van der Waals surface area contributed by atoms with Gasteiger partial charge in [0, 0.05) is 5.56 Å². The average Bonchev–Trinajstić information content (AvgIpc) is 2.56. The Morgan fingerprint density at radius 2 is 1.81 bits per heavy atom. The predicted molar refractivity (Wildman–Crippen MR) is 87.8 cm³/mol. The summed E-state index contributed by atoms with van der Waals surface area (Å²) in [7, 11) is 1.79. The molecule has 0 amide bonds. The summed E-state index contributed by atoms with van der Waals surface area (Å²) in [6.45, 7) is 0. The Morgan fingerprint density at radius 1 is 1.00 bits per heavy atom. The summed E-state index contributed by atoms with van der Waals surface area (Å²) in [4.78, 5) is 0. The van der Waals surface area contributed by atoms with E-state index in [-0.39, 0.29) is 5.54 Å². The summed E-state index contributed by atoms with van der Waals surface area (Å²) in [5.41, 5.74) is 6.25. The Hall–Kier alpha value is -1.44. The summed E-state index contributed by atoms with van der Waals surface area (Å²) >= 11 is 0. The quantitative estimate of drug-likeness (QED) is 0.769. The predicted octanol–water partition coefficient (Wildman–Crippen LogP) is 5.15. The first-order valence-corrected chi connectivity index (χ1v) is 8.52. The second-order valence-corrected chi connectivity index (χ2v) is 6.81. The maximum atomic E-state index is 5.64. The number of hydrogen-bond donors (Lipinski definition) is 1. The van der Waals surface area contributed by atoms with Crippen molar-refractivity contribution in [3.05, 3.63) is 29.3 Å². The van der Waals surface area contributed by atoms with Gasteiger partial charge in [-0.3, -0.25) is 0 Å². The fourth-order valence-corrected chi connectivity index (χ4v) is 4.71. The van der Waals surface area contributed by atoms with Gasteiger partial charge < -0.3 is 10.1 Å². The minimum atomic E-state index is 0.232. The molecule has 3 aliphatic rings. The van der Waals surface area contributed by atoms with Crippen molar-refractivity contribution >= 4 is 11.3 Å². The largest absolute Gasteiger partial charge is 0.495 e. The summed E-state index contributed by atoms with van der Waals surface area (Å²) in [6, 6.07) is 6.51. The minimum Gasteiger partial charge on any atom is -0.495 e. The molecule has 2 aliphatic carbocycles. The normalized spacial score (nSPS) is 23.3. The van der Waals surface area contributed by atoms with Gasteiger partial charge in [-0.2, -0.15) is 0 Å². The Morgan fingerprint density at radius 3 is 2.62 bits per heavy atom. The number of para-hydroxylation sites is 1. The zero-order chi connectivity index (χ0) is 14.3. The van der Waals surface area contributed by atoms with Crippen LogP contribution >= 0.6 is 0 Å². The smallest absolute Gasteiger partial charge is 0.142 e. The van der Waals surface area contributed by atoms with Crippen LogP contribution in [0.15, 0.2) is 23.8 Å². The third kappa shape index (κ3) is 1.99. The van der Waals surface area contributed by atoms with Gasteiger partial charge in [0.15, 0.2) is 0 Å². The highest BCUT2D eigenvalue weighted by atomic mass is 16.5. The van der Waals surface area contributed by atoms with Crippen LogP contribution in [0.5, 0.6) is 5.75 Å². The molecule has 0 aromatic heterocycles. The maximum absolute atomic E-state index is 5.64. The minimum absolute atomic E-state index is 0.232. The lowest BCUT2D eigenvalue weighted by molar-refractivity contribution is 0.349. The molecule has 0 saturated heterocycles. The molecule has 1 aliphatic heterocycles. The van der Waals surface area contributed by atoms with Crippen molar-refractivity contribution < 1.29 is 4.74 Å². The van der Waals surface area contributed by atoms with E-state index in [2.05, 4.69) is 23.5 Å². The highest BCUT2D eigenvalue weighted by Crippen LogP contribution is 2.52. The molecule has 4 rings (SSSR count). The molecule has 2 heteroatoms. The summed E-state index contributed by atoms with van der Waals surface area (Å²) in [6.07, 6.45) is 11.9. The lowest BCUT2D eigenvalue weighted by Gasteiger charge is -2.47. The lowest BCUT2D eigenvalue weighted by Crippen LogP contribution is -2.45. The molecule has 1 saturated carbocycles. The summed E-state index contributed by atoms with van der Waals surface area (Å²) in [5, 5.41) is 3.95. The molecule has 21 heavy (non-hydrogen) atoms. The van der Waals surface area contributed by atoms with Gasteiger partial charge in [-0.05, 0) is 55.7 Å². The molecule has 2 nitrogen and oxygen atoms in total. The highest BCUT2D eigenvalue weighted by Gasteiger charge is 2.42. The van der Waals surface area contributed by atoms with E-state index in [1.807, 2.05) is 0 Å². The van der Waals surface area contributed by atoms with Crippen molar-refractivity contribution in [2.75, 3.05) is 12.4 Å². The number of methoxy groups -OCH3 is 1. The van der Waals surface area contributed by atoms with Crippen molar-refractivity contribution in [3.63, 3.8) is 0 Å². The van der Waals surface area contributed by atoms with E-state index in [1.54, 1.807) is 18.3 Å². The molecule has 112 valence electrons. The first kappa shape index (κ1) is 13.2. The number of benzene rings is 1. The number of hydrogen-bond acceptors (Lipinski definition) is 2. The lowest BCUT2D eigenvalue weighted by atomic mass is 9.67.